The topological polar surface area (TPSA) is 38.7 Å². The molecule has 0 amide bonds. The number of ether oxygens (including phenoxy) is 1. The van der Waals surface area contributed by atoms with Crippen molar-refractivity contribution in [2.75, 3.05) is 6.54 Å². The Labute approximate surface area is 67.3 Å². The fourth-order valence-corrected chi connectivity index (χ4v) is 1.51. The lowest BCUT2D eigenvalue weighted by atomic mass is 10.5. The molecule has 0 bridgehead atoms. The maximum absolute atomic E-state index is 10.6. The van der Waals surface area contributed by atoms with Crippen LogP contribution in [0.1, 0.15) is 4.88 Å². The van der Waals surface area contributed by atoms with Crippen molar-refractivity contribution in [1.82, 2.24) is 0 Å². The molecule has 1 aliphatic heterocycles. The van der Waals surface area contributed by atoms with Crippen LogP contribution in [0.4, 0.5) is 0 Å². The first-order chi connectivity index (χ1) is 5.36. The zero-order valence-electron chi connectivity index (χ0n) is 5.61. The van der Waals surface area contributed by atoms with Crippen LogP contribution in [0.5, 0.6) is 0 Å². The summed E-state index contributed by atoms with van der Waals surface area (Å²) in [7, 11) is 0. The molecular weight excluding hydrogens is 162 g/mol. The molecule has 1 aliphatic rings. The molecule has 0 aromatic carbocycles. The van der Waals surface area contributed by atoms with E-state index in [4.69, 9.17) is 4.74 Å². The Kier molecular flexibility index (Phi) is 1.47. The van der Waals surface area contributed by atoms with Crippen LogP contribution in [-0.4, -0.2) is 18.4 Å². The summed E-state index contributed by atoms with van der Waals surface area (Å²) < 4.78 is 4.83. The molecule has 4 heteroatoms. The lowest BCUT2D eigenvalue weighted by Crippen LogP contribution is -2.03. The van der Waals surface area contributed by atoms with Gasteiger partial charge in [-0.1, -0.05) is 6.07 Å². The molecule has 0 atom stereocenters. The number of nitrogens with zero attached hydrogens (tertiary/aromatic N) is 1. The highest BCUT2D eigenvalue weighted by atomic mass is 32.1. The second kappa shape index (κ2) is 2.47. The number of esters is 1. The first-order valence-electron chi connectivity index (χ1n) is 3.15. The summed E-state index contributed by atoms with van der Waals surface area (Å²) in [5.41, 5.74) is 0. The van der Waals surface area contributed by atoms with Crippen LogP contribution in [0.3, 0.4) is 0 Å². The van der Waals surface area contributed by atoms with Gasteiger partial charge in [-0.25, -0.2) is 9.79 Å². The SMILES string of the molecule is O=C1CN=C(c2cccs2)O1. The molecule has 1 aromatic heterocycles. The third kappa shape index (κ3) is 1.17. The van der Waals surface area contributed by atoms with E-state index in [1.54, 1.807) is 0 Å². The minimum Gasteiger partial charge on any atom is -0.405 e. The molecule has 3 nitrogen and oxygen atoms in total. The van der Waals surface area contributed by atoms with E-state index in [-0.39, 0.29) is 12.5 Å². The molecule has 1 aromatic rings. The Morgan fingerprint density at radius 3 is 3.09 bits per heavy atom. The summed E-state index contributed by atoms with van der Waals surface area (Å²) in [6.07, 6.45) is 0. The third-order valence-electron chi connectivity index (χ3n) is 1.29. The maximum atomic E-state index is 10.6. The van der Waals surface area contributed by atoms with Gasteiger partial charge in [0, 0.05) is 0 Å². The normalized spacial score (nSPS) is 16.4. The predicted molar refractivity (Wildman–Crippen MR) is 41.8 cm³/mol. The number of hydrogen-bond acceptors (Lipinski definition) is 4. The highest BCUT2D eigenvalue weighted by Gasteiger charge is 2.17. The highest BCUT2D eigenvalue weighted by Crippen LogP contribution is 2.13. The zero-order valence-corrected chi connectivity index (χ0v) is 6.43. The van der Waals surface area contributed by atoms with E-state index in [2.05, 4.69) is 4.99 Å². The summed E-state index contributed by atoms with van der Waals surface area (Å²) in [4.78, 5) is 15.4. The van der Waals surface area contributed by atoms with E-state index in [1.165, 1.54) is 11.3 Å². The molecule has 0 unspecified atom stereocenters. The fourth-order valence-electron chi connectivity index (χ4n) is 0.837. The number of thiophene rings is 1. The Balaban J connectivity index is 2.26. The van der Waals surface area contributed by atoms with E-state index in [9.17, 15) is 4.79 Å². The molecule has 11 heavy (non-hydrogen) atoms. The molecule has 56 valence electrons. The Morgan fingerprint density at radius 1 is 1.64 bits per heavy atom. The molecule has 2 heterocycles. The van der Waals surface area contributed by atoms with Crippen LogP contribution >= 0.6 is 11.3 Å². The van der Waals surface area contributed by atoms with Crippen molar-refractivity contribution in [2.45, 2.75) is 0 Å². The molecule has 0 aliphatic carbocycles. The molecule has 0 spiro atoms. The summed E-state index contributed by atoms with van der Waals surface area (Å²) in [6.45, 7) is 0.160. The molecule has 0 N–H and O–H groups in total. The number of aliphatic imine (C=N–C) groups is 1. The summed E-state index contributed by atoms with van der Waals surface area (Å²) in [5.74, 6) is 0.193. The van der Waals surface area contributed by atoms with E-state index >= 15 is 0 Å². The predicted octanol–water partition coefficient (Wildman–Crippen LogP) is 1.05. The minimum absolute atomic E-state index is 0.160. The largest absolute Gasteiger partial charge is 0.405 e. The lowest BCUT2D eigenvalue weighted by Gasteiger charge is -1.92. The smallest absolute Gasteiger partial charge is 0.334 e. The van der Waals surface area contributed by atoms with Gasteiger partial charge in [0.1, 0.15) is 6.54 Å². The Hall–Kier alpha value is -1.16. The summed E-state index contributed by atoms with van der Waals surface area (Å²) in [5, 5.41) is 1.92. The summed E-state index contributed by atoms with van der Waals surface area (Å²) in [6, 6.07) is 3.77. The molecular formula is C7H5NO2S. The molecule has 0 fully saturated rings. The Bertz CT molecular complexity index is 302. The van der Waals surface area contributed by atoms with Crippen LogP contribution in [0.2, 0.25) is 0 Å². The van der Waals surface area contributed by atoms with Crippen LogP contribution < -0.4 is 0 Å². The van der Waals surface area contributed by atoms with E-state index < -0.39 is 0 Å². The number of carbonyl (C=O) groups is 1. The van der Waals surface area contributed by atoms with Crippen LogP contribution in [0.25, 0.3) is 0 Å². The molecule has 0 radical (unpaired) electrons. The number of hydrogen-bond donors (Lipinski definition) is 0. The van der Waals surface area contributed by atoms with Crippen molar-refractivity contribution in [3.63, 3.8) is 0 Å². The van der Waals surface area contributed by atoms with Gasteiger partial charge in [-0.05, 0) is 11.4 Å². The van der Waals surface area contributed by atoms with Gasteiger partial charge in [0.25, 0.3) is 0 Å². The molecule has 0 saturated heterocycles. The average Bonchev–Trinajstić information content (AvgIpc) is 2.55. The van der Waals surface area contributed by atoms with Gasteiger partial charge >= 0.3 is 5.97 Å². The quantitative estimate of drug-likeness (QED) is 0.586. The van der Waals surface area contributed by atoms with Crippen molar-refractivity contribution in [3.05, 3.63) is 22.4 Å². The van der Waals surface area contributed by atoms with Crippen molar-refractivity contribution < 1.29 is 9.53 Å². The third-order valence-corrected chi connectivity index (χ3v) is 2.15. The second-order valence-corrected chi connectivity index (χ2v) is 3.02. The number of cyclic esters (lactones) is 1. The number of carbonyl (C=O) groups excluding carboxylic acids is 1. The van der Waals surface area contributed by atoms with E-state index in [1.807, 2.05) is 17.5 Å². The van der Waals surface area contributed by atoms with Gasteiger partial charge in [-0.3, -0.25) is 0 Å². The van der Waals surface area contributed by atoms with Crippen LogP contribution in [0, 0.1) is 0 Å². The van der Waals surface area contributed by atoms with Gasteiger partial charge < -0.3 is 4.74 Å². The maximum Gasteiger partial charge on any atom is 0.334 e. The Morgan fingerprint density at radius 2 is 2.55 bits per heavy atom. The molecule has 0 saturated carbocycles. The molecule has 2 rings (SSSR count). The lowest BCUT2D eigenvalue weighted by molar-refractivity contribution is -0.132. The van der Waals surface area contributed by atoms with Gasteiger partial charge in [0.05, 0.1) is 4.88 Å². The van der Waals surface area contributed by atoms with Gasteiger partial charge in [0.15, 0.2) is 0 Å². The number of rotatable bonds is 1. The first-order valence-corrected chi connectivity index (χ1v) is 4.03. The van der Waals surface area contributed by atoms with Crippen molar-refractivity contribution in [1.29, 1.82) is 0 Å². The van der Waals surface area contributed by atoms with Crippen molar-refractivity contribution >= 4 is 23.2 Å². The standard InChI is InChI=1S/C7H5NO2S/c9-6-4-8-7(10-6)5-2-1-3-11-5/h1-3H,4H2. The monoisotopic (exact) mass is 167 g/mol. The second-order valence-electron chi connectivity index (χ2n) is 2.07. The van der Waals surface area contributed by atoms with E-state index in [0.29, 0.717) is 5.90 Å². The van der Waals surface area contributed by atoms with Gasteiger partial charge in [-0.15, -0.1) is 11.3 Å². The van der Waals surface area contributed by atoms with Gasteiger partial charge in [-0.2, -0.15) is 0 Å². The zero-order chi connectivity index (χ0) is 7.68. The van der Waals surface area contributed by atoms with Crippen LogP contribution in [0.15, 0.2) is 22.5 Å². The van der Waals surface area contributed by atoms with Crippen molar-refractivity contribution in [3.8, 4) is 0 Å². The van der Waals surface area contributed by atoms with Crippen LogP contribution in [-0.2, 0) is 9.53 Å². The van der Waals surface area contributed by atoms with Crippen molar-refractivity contribution in [2.24, 2.45) is 4.99 Å². The highest BCUT2D eigenvalue weighted by molar-refractivity contribution is 7.12. The van der Waals surface area contributed by atoms with Gasteiger partial charge in [0.2, 0.25) is 5.90 Å². The fraction of sp³-hybridized carbons (Fsp3) is 0.143. The van der Waals surface area contributed by atoms with E-state index in [0.717, 1.165) is 4.88 Å². The summed E-state index contributed by atoms with van der Waals surface area (Å²) >= 11 is 1.51. The minimum atomic E-state index is -0.270. The first kappa shape index (κ1) is 6.54. The average molecular weight is 167 g/mol.